The summed E-state index contributed by atoms with van der Waals surface area (Å²) in [6.07, 6.45) is 0. The van der Waals surface area contributed by atoms with Gasteiger partial charge in [0.15, 0.2) is 12.6 Å². The summed E-state index contributed by atoms with van der Waals surface area (Å²) in [5, 5.41) is 2.85. The van der Waals surface area contributed by atoms with Crippen molar-refractivity contribution < 1.29 is 24.0 Å². The normalized spacial score (nSPS) is 12.9. The largest absolute Gasteiger partial charge is 0.462 e. The summed E-state index contributed by atoms with van der Waals surface area (Å²) < 4.78 is 5.08. The van der Waals surface area contributed by atoms with Gasteiger partial charge in [-0.3, -0.25) is 9.59 Å². The van der Waals surface area contributed by atoms with Gasteiger partial charge in [-0.2, -0.15) is 0 Å². The maximum absolute atomic E-state index is 13.0. The summed E-state index contributed by atoms with van der Waals surface area (Å²) in [5.41, 5.74) is 3.81. The van der Waals surface area contributed by atoms with Crippen molar-refractivity contribution in [2.24, 2.45) is 0 Å². The Kier molecular flexibility index (Phi) is 7.34. The lowest BCUT2D eigenvalue weighted by molar-refractivity contribution is -0.885. The van der Waals surface area contributed by atoms with Gasteiger partial charge in [-0.1, -0.05) is 17.7 Å². The third-order valence-corrected chi connectivity index (χ3v) is 5.07. The van der Waals surface area contributed by atoms with Crippen LogP contribution >= 0.6 is 0 Å². The highest BCUT2D eigenvalue weighted by Crippen LogP contribution is 2.20. The van der Waals surface area contributed by atoms with Crippen LogP contribution in [-0.2, 0) is 9.53 Å². The minimum atomic E-state index is -0.467. The van der Waals surface area contributed by atoms with Crippen LogP contribution in [0.2, 0.25) is 0 Å². The van der Waals surface area contributed by atoms with Crippen LogP contribution in [0.15, 0.2) is 24.3 Å². The first-order valence-corrected chi connectivity index (χ1v) is 9.75. The van der Waals surface area contributed by atoms with Gasteiger partial charge in [-0.15, -0.1) is 0 Å². The molecule has 1 aromatic carbocycles. The summed E-state index contributed by atoms with van der Waals surface area (Å²) in [6, 6.07) is 7.08. The molecule has 1 unspecified atom stereocenters. The number of hydrogen-bond donors (Lipinski definition) is 3. The van der Waals surface area contributed by atoms with Gasteiger partial charge in [0.2, 0.25) is 5.78 Å². The number of carbonyl (C=O) groups excluding carboxylic acids is 3. The molecule has 29 heavy (non-hydrogen) atoms. The van der Waals surface area contributed by atoms with Crippen molar-refractivity contribution in [3.63, 3.8) is 0 Å². The molecular weight excluding hydrogens is 370 g/mol. The van der Waals surface area contributed by atoms with E-state index in [0.717, 1.165) is 16.2 Å². The standard InChI is InChI=1S/C22H29N3O4/c1-7-29-22(28)19-14(3)20(23-15(19)4)21(27)16(5)25(6)12-18(26)24-17-10-8-13(2)9-11-17/h8-11,16,23H,7,12H2,1-6H3,(H,24,26)/p+1/t16-/m0/s1. The molecule has 1 heterocycles. The van der Waals surface area contributed by atoms with E-state index in [4.69, 9.17) is 4.74 Å². The van der Waals surface area contributed by atoms with Crippen molar-refractivity contribution in [2.45, 2.75) is 40.7 Å². The van der Waals surface area contributed by atoms with E-state index >= 15 is 0 Å². The molecule has 0 aliphatic rings. The van der Waals surface area contributed by atoms with Gasteiger partial charge in [-0.25, -0.2) is 4.79 Å². The van der Waals surface area contributed by atoms with Crippen LogP contribution in [-0.4, -0.2) is 48.9 Å². The number of quaternary nitrogens is 1. The monoisotopic (exact) mass is 400 g/mol. The number of aromatic amines is 1. The molecule has 2 atom stereocenters. The van der Waals surface area contributed by atoms with Crippen LogP contribution in [0.3, 0.4) is 0 Å². The molecule has 0 aliphatic carbocycles. The van der Waals surface area contributed by atoms with Crippen LogP contribution in [0.5, 0.6) is 0 Å². The number of Topliss-reactive ketones (excluding diaryl/α,β-unsaturated/α-hetero) is 1. The van der Waals surface area contributed by atoms with Crippen LogP contribution in [0.4, 0.5) is 5.69 Å². The average Bonchev–Trinajstić information content (AvgIpc) is 2.96. The number of ether oxygens (including phenoxy) is 1. The first-order chi connectivity index (χ1) is 13.6. The van der Waals surface area contributed by atoms with E-state index in [2.05, 4.69) is 10.3 Å². The summed E-state index contributed by atoms with van der Waals surface area (Å²) in [4.78, 5) is 41.3. The lowest BCUT2D eigenvalue weighted by Crippen LogP contribution is -3.14. The Morgan fingerprint density at radius 1 is 1.14 bits per heavy atom. The minimum Gasteiger partial charge on any atom is -0.462 e. The molecule has 0 aliphatic heterocycles. The molecule has 7 heteroatoms. The Morgan fingerprint density at radius 3 is 2.34 bits per heavy atom. The molecule has 156 valence electrons. The molecular formula is C22H30N3O4+. The predicted octanol–water partition coefficient (Wildman–Crippen LogP) is 1.84. The second kappa shape index (κ2) is 9.52. The number of rotatable bonds is 8. The molecule has 3 N–H and O–H groups in total. The van der Waals surface area contributed by atoms with Gasteiger partial charge in [0.25, 0.3) is 5.91 Å². The zero-order chi connectivity index (χ0) is 21.7. The average molecular weight is 400 g/mol. The van der Waals surface area contributed by atoms with Crippen molar-refractivity contribution in [1.29, 1.82) is 0 Å². The molecule has 7 nitrogen and oxygen atoms in total. The molecule has 0 fully saturated rings. The minimum absolute atomic E-state index is 0.143. The molecule has 2 aromatic rings. The number of aromatic nitrogens is 1. The van der Waals surface area contributed by atoms with E-state index in [-0.39, 0.29) is 24.8 Å². The zero-order valence-electron chi connectivity index (χ0n) is 17.9. The Labute approximate surface area is 171 Å². The van der Waals surface area contributed by atoms with Crippen LogP contribution < -0.4 is 10.2 Å². The number of esters is 1. The molecule has 1 amide bonds. The Balaban J connectivity index is 2.07. The SMILES string of the molecule is CCOC(=O)c1c(C)[nH]c(C(=O)[C@H](C)[NH+](C)CC(=O)Nc2ccc(C)cc2)c1C. The second-order valence-electron chi connectivity index (χ2n) is 7.37. The number of carbonyl (C=O) groups is 3. The number of aryl methyl sites for hydroxylation is 2. The fraction of sp³-hybridized carbons (Fsp3) is 0.409. The Hall–Kier alpha value is -2.93. The lowest BCUT2D eigenvalue weighted by atomic mass is 10.0. The molecule has 0 saturated heterocycles. The first kappa shape index (κ1) is 22.4. The van der Waals surface area contributed by atoms with Crippen molar-refractivity contribution in [1.82, 2.24) is 4.98 Å². The maximum Gasteiger partial charge on any atom is 0.340 e. The van der Waals surface area contributed by atoms with Gasteiger partial charge in [0, 0.05) is 11.4 Å². The van der Waals surface area contributed by atoms with E-state index < -0.39 is 12.0 Å². The van der Waals surface area contributed by atoms with Crippen LogP contribution in [0.1, 0.15) is 51.5 Å². The number of anilines is 1. The van der Waals surface area contributed by atoms with Gasteiger partial charge in [0.1, 0.15) is 0 Å². The molecule has 2 rings (SSSR count). The van der Waals surface area contributed by atoms with Crippen molar-refractivity contribution >= 4 is 23.3 Å². The maximum atomic E-state index is 13.0. The van der Waals surface area contributed by atoms with Crippen LogP contribution in [0.25, 0.3) is 0 Å². The zero-order valence-corrected chi connectivity index (χ0v) is 17.9. The third-order valence-electron chi connectivity index (χ3n) is 5.07. The number of benzene rings is 1. The predicted molar refractivity (Wildman–Crippen MR) is 112 cm³/mol. The van der Waals surface area contributed by atoms with Crippen molar-refractivity contribution in [3.05, 3.63) is 52.3 Å². The van der Waals surface area contributed by atoms with Crippen LogP contribution in [0, 0.1) is 20.8 Å². The highest BCUT2D eigenvalue weighted by molar-refractivity contribution is 6.03. The number of hydrogen-bond acceptors (Lipinski definition) is 4. The topological polar surface area (TPSA) is 92.7 Å². The fourth-order valence-corrected chi connectivity index (χ4v) is 3.19. The van der Waals surface area contributed by atoms with Gasteiger partial charge < -0.3 is 19.9 Å². The van der Waals surface area contributed by atoms with Gasteiger partial charge in [-0.05, 0) is 52.3 Å². The summed E-state index contributed by atoms with van der Waals surface area (Å²) in [7, 11) is 1.80. The first-order valence-electron chi connectivity index (χ1n) is 9.75. The van der Waals surface area contributed by atoms with E-state index in [1.807, 2.05) is 31.2 Å². The molecule has 0 radical (unpaired) electrons. The van der Waals surface area contributed by atoms with Crippen molar-refractivity contribution in [3.8, 4) is 0 Å². The summed E-state index contributed by atoms with van der Waals surface area (Å²) >= 11 is 0. The quantitative estimate of drug-likeness (QED) is 0.466. The molecule has 1 aromatic heterocycles. The smallest absolute Gasteiger partial charge is 0.340 e. The number of ketones is 1. The summed E-state index contributed by atoms with van der Waals surface area (Å²) in [5.74, 6) is -0.761. The van der Waals surface area contributed by atoms with E-state index in [9.17, 15) is 14.4 Å². The second-order valence-corrected chi connectivity index (χ2v) is 7.37. The van der Waals surface area contributed by atoms with E-state index in [1.165, 1.54) is 0 Å². The Bertz CT molecular complexity index is 900. The Morgan fingerprint density at radius 2 is 1.76 bits per heavy atom. The number of likely N-dealkylation sites (N-methyl/N-ethyl adjacent to an activating group) is 1. The van der Waals surface area contributed by atoms with Gasteiger partial charge in [0.05, 0.1) is 24.9 Å². The highest BCUT2D eigenvalue weighted by atomic mass is 16.5. The van der Waals surface area contributed by atoms with Crippen molar-refractivity contribution in [2.75, 3.05) is 25.5 Å². The van der Waals surface area contributed by atoms with Gasteiger partial charge >= 0.3 is 5.97 Å². The highest BCUT2D eigenvalue weighted by Gasteiger charge is 2.30. The van der Waals surface area contributed by atoms with E-state index in [1.54, 1.807) is 34.7 Å². The fourth-order valence-electron chi connectivity index (χ4n) is 3.19. The number of nitrogens with one attached hydrogen (secondary N) is 3. The van der Waals surface area contributed by atoms with E-state index in [0.29, 0.717) is 22.5 Å². The third kappa shape index (κ3) is 5.32. The number of H-pyrrole nitrogens is 1. The summed E-state index contributed by atoms with van der Waals surface area (Å²) in [6.45, 7) is 9.38. The molecule has 0 saturated carbocycles. The molecule has 0 spiro atoms. The molecule has 0 bridgehead atoms. The lowest BCUT2D eigenvalue weighted by Gasteiger charge is -2.20. The number of amides is 1.